The highest BCUT2D eigenvalue weighted by Gasteiger charge is 2.19. The Morgan fingerprint density at radius 1 is 1.30 bits per heavy atom. The molecular weight excluding hydrogens is 312 g/mol. The molecule has 0 spiro atoms. The molecule has 1 aromatic carbocycles. The van der Waals surface area contributed by atoms with Crippen molar-refractivity contribution in [3.63, 3.8) is 0 Å². The maximum absolute atomic E-state index is 12.0. The summed E-state index contributed by atoms with van der Waals surface area (Å²) in [6.45, 7) is 1.78. The molecule has 7 heteroatoms. The third-order valence-corrected chi connectivity index (χ3v) is 4.61. The van der Waals surface area contributed by atoms with Crippen molar-refractivity contribution < 1.29 is 9.59 Å². The number of nitrogens with zero attached hydrogens (tertiary/aromatic N) is 2. The van der Waals surface area contributed by atoms with Crippen LogP contribution in [-0.4, -0.2) is 41.8 Å². The van der Waals surface area contributed by atoms with Gasteiger partial charge in [0.25, 0.3) is 5.91 Å². The topological polar surface area (TPSA) is 74.3 Å². The van der Waals surface area contributed by atoms with Gasteiger partial charge in [-0.15, -0.1) is 11.3 Å². The van der Waals surface area contributed by atoms with Crippen LogP contribution in [0.1, 0.15) is 20.9 Å². The van der Waals surface area contributed by atoms with Gasteiger partial charge in [0.05, 0.1) is 12.2 Å². The molecule has 0 saturated carbocycles. The molecule has 0 atom stereocenters. The summed E-state index contributed by atoms with van der Waals surface area (Å²) in [5, 5.41) is 5.96. The monoisotopic (exact) mass is 330 g/mol. The maximum Gasteiger partial charge on any atom is 0.251 e. The van der Waals surface area contributed by atoms with Gasteiger partial charge in [0, 0.05) is 30.0 Å². The van der Waals surface area contributed by atoms with Gasteiger partial charge >= 0.3 is 0 Å². The second-order valence-corrected chi connectivity index (χ2v) is 6.56. The highest BCUT2D eigenvalue weighted by molar-refractivity contribution is 7.15. The molecule has 0 saturated heterocycles. The van der Waals surface area contributed by atoms with E-state index < -0.39 is 0 Å². The number of benzene rings is 1. The van der Waals surface area contributed by atoms with Crippen molar-refractivity contribution in [2.24, 2.45) is 0 Å². The Morgan fingerprint density at radius 3 is 2.87 bits per heavy atom. The van der Waals surface area contributed by atoms with E-state index in [0.29, 0.717) is 10.7 Å². The molecule has 6 nitrogen and oxygen atoms in total. The first kappa shape index (κ1) is 15.6. The molecule has 0 aliphatic carbocycles. The number of fused-ring (bicyclic) bond motifs is 1. The number of amides is 2. The summed E-state index contributed by atoms with van der Waals surface area (Å²) in [5.74, 6) is -0.533. The summed E-state index contributed by atoms with van der Waals surface area (Å²) in [4.78, 5) is 31.7. The van der Waals surface area contributed by atoms with E-state index in [1.54, 1.807) is 24.3 Å². The fourth-order valence-electron chi connectivity index (χ4n) is 2.39. The number of carbonyl (C=O) groups is 2. The molecular formula is C16H18N4O2S. The first-order chi connectivity index (χ1) is 11.1. The predicted molar refractivity (Wildman–Crippen MR) is 89.6 cm³/mol. The average Bonchev–Trinajstić information content (AvgIpc) is 2.94. The zero-order valence-electron chi connectivity index (χ0n) is 12.8. The first-order valence-corrected chi connectivity index (χ1v) is 8.23. The Hall–Kier alpha value is -2.25. The lowest BCUT2D eigenvalue weighted by Crippen LogP contribution is -2.32. The molecule has 2 N–H and O–H groups in total. The molecule has 2 amide bonds. The largest absolute Gasteiger partial charge is 0.343 e. The summed E-state index contributed by atoms with van der Waals surface area (Å²) in [5.41, 5.74) is 1.60. The molecule has 3 rings (SSSR count). The molecule has 1 aliphatic heterocycles. The fraction of sp³-hybridized carbons (Fsp3) is 0.312. The van der Waals surface area contributed by atoms with E-state index in [-0.39, 0.29) is 18.4 Å². The van der Waals surface area contributed by atoms with E-state index >= 15 is 0 Å². The molecule has 0 unspecified atom stereocenters. The minimum absolute atomic E-state index is 0.0716. The summed E-state index contributed by atoms with van der Waals surface area (Å²) in [6.07, 6.45) is 0.906. The van der Waals surface area contributed by atoms with Gasteiger partial charge in [-0.05, 0) is 19.2 Å². The number of hydrogen-bond acceptors (Lipinski definition) is 5. The lowest BCUT2D eigenvalue weighted by molar-refractivity contribution is -0.115. The number of thiazole rings is 1. The van der Waals surface area contributed by atoms with Crippen LogP contribution in [-0.2, 0) is 17.8 Å². The Bertz CT molecular complexity index is 714. The van der Waals surface area contributed by atoms with Gasteiger partial charge < -0.3 is 15.5 Å². The Morgan fingerprint density at radius 2 is 2.09 bits per heavy atom. The van der Waals surface area contributed by atoms with Crippen LogP contribution in [0.3, 0.4) is 0 Å². The van der Waals surface area contributed by atoms with Crippen molar-refractivity contribution in [2.45, 2.75) is 13.0 Å². The Labute approximate surface area is 138 Å². The number of hydrogen-bond donors (Lipinski definition) is 2. The molecule has 120 valence electrons. The highest BCUT2D eigenvalue weighted by Crippen LogP contribution is 2.27. The van der Waals surface area contributed by atoms with Crippen molar-refractivity contribution in [3.05, 3.63) is 46.5 Å². The fourth-order valence-corrected chi connectivity index (χ4v) is 3.50. The number of rotatable bonds is 4. The van der Waals surface area contributed by atoms with Gasteiger partial charge in [0.2, 0.25) is 5.91 Å². The van der Waals surface area contributed by atoms with Crippen molar-refractivity contribution >= 4 is 28.3 Å². The minimum Gasteiger partial charge on any atom is -0.343 e. The Balaban J connectivity index is 1.53. The first-order valence-electron chi connectivity index (χ1n) is 7.42. The zero-order chi connectivity index (χ0) is 16.2. The van der Waals surface area contributed by atoms with Gasteiger partial charge in [0.15, 0.2) is 5.13 Å². The van der Waals surface area contributed by atoms with Gasteiger partial charge in [0.1, 0.15) is 0 Å². The van der Waals surface area contributed by atoms with E-state index in [4.69, 9.17) is 0 Å². The number of nitrogens with one attached hydrogen (secondary N) is 2. The Kier molecular flexibility index (Phi) is 4.68. The summed E-state index contributed by atoms with van der Waals surface area (Å²) < 4.78 is 0. The van der Waals surface area contributed by atoms with Crippen LogP contribution in [0.4, 0.5) is 5.13 Å². The standard InChI is InChI=1S/C16H18N4O2S/c1-20-8-7-12-13(10-20)23-16(18-12)19-14(21)9-17-15(22)11-5-3-2-4-6-11/h2-6H,7-10H2,1H3,(H,17,22)(H,18,19,21). The van der Waals surface area contributed by atoms with Gasteiger partial charge in [-0.3, -0.25) is 9.59 Å². The third kappa shape index (κ3) is 3.94. The third-order valence-electron chi connectivity index (χ3n) is 3.61. The van der Waals surface area contributed by atoms with E-state index in [2.05, 4.69) is 27.6 Å². The van der Waals surface area contributed by atoms with Crippen LogP contribution < -0.4 is 10.6 Å². The maximum atomic E-state index is 12.0. The van der Waals surface area contributed by atoms with Gasteiger partial charge in [-0.2, -0.15) is 0 Å². The lowest BCUT2D eigenvalue weighted by atomic mass is 10.2. The highest BCUT2D eigenvalue weighted by atomic mass is 32.1. The predicted octanol–water partition coefficient (Wildman–Crippen LogP) is 1.50. The molecule has 0 bridgehead atoms. The van der Waals surface area contributed by atoms with Crippen LogP contribution in [0.25, 0.3) is 0 Å². The SMILES string of the molecule is CN1CCc2nc(NC(=O)CNC(=O)c3ccccc3)sc2C1. The van der Waals surface area contributed by atoms with Gasteiger partial charge in [-0.1, -0.05) is 18.2 Å². The van der Waals surface area contributed by atoms with E-state index in [0.717, 1.165) is 25.2 Å². The minimum atomic E-state index is -0.270. The van der Waals surface area contributed by atoms with Crippen molar-refractivity contribution in [1.29, 1.82) is 0 Å². The van der Waals surface area contributed by atoms with Crippen LogP contribution in [0, 0.1) is 0 Å². The van der Waals surface area contributed by atoms with Crippen LogP contribution in [0.2, 0.25) is 0 Å². The van der Waals surface area contributed by atoms with E-state index in [1.165, 1.54) is 16.2 Å². The van der Waals surface area contributed by atoms with Crippen molar-refractivity contribution in [2.75, 3.05) is 25.5 Å². The number of carbonyl (C=O) groups excluding carboxylic acids is 2. The van der Waals surface area contributed by atoms with Gasteiger partial charge in [-0.25, -0.2) is 4.98 Å². The average molecular weight is 330 g/mol. The van der Waals surface area contributed by atoms with Crippen molar-refractivity contribution in [1.82, 2.24) is 15.2 Å². The lowest BCUT2D eigenvalue weighted by Gasteiger charge is -2.20. The number of likely N-dealkylation sites (N-methyl/N-ethyl adjacent to an activating group) is 1. The quantitative estimate of drug-likeness (QED) is 0.891. The summed E-state index contributed by atoms with van der Waals surface area (Å²) >= 11 is 1.50. The summed E-state index contributed by atoms with van der Waals surface area (Å²) in [6, 6.07) is 8.82. The van der Waals surface area contributed by atoms with E-state index in [1.807, 2.05) is 6.07 Å². The molecule has 23 heavy (non-hydrogen) atoms. The number of aromatic nitrogens is 1. The molecule has 0 radical (unpaired) electrons. The molecule has 1 aliphatic rings. The molecule has 2 aromatic rings. The number of anilines is 1. The normalized spacial score (nSPS) is 14.1. The van der Waals surface area contributed by atoms with E-state index in [9.17, 15) is 9.59 Å². The molecule has 2 heterocycles. The molecule has 0 fully saturated rings. The van der Waals surface area contributed by atoms with Crippen LogP contribution >= 0.6 is 11.3 Å². The van der Waals surface area contributed by atoms with Crippen molar-refractivity contribution in [3.8, 4) is 0 Å². The smallest absolute Gasteiger partial charge is 0.251 e. The van der Waals surface area contributed by atoms with Crippen LogP contribution in [0.15, 0.2) is 30.3 Å². The second kappa shape index (κ2) is 6.89. The summed E-state index contributed by atoms with van der Waals surface area (Å²) in [7, 11) is 2.07. The molecule has 1 aromatic heterocycles. The second-order valence-electron chi connectivity index (χ2n) is 5.47. The van der Waals surface area contributed by atoms with Crippen LogP contribution in [0.5, 0.6) is 0 Å². The zero-order valence-corrected chi connectivity index (χ0v) is 13.7.